The van der Waals surface area contributed by atoms with Crippen LogP contribution in [0, 0.1) is 17.7 Å². The molecule has 1 fully saturated rings. The van der Waals surface area contributed by atoms with Crippen molar-refractivity contribution in [3.05, 3.63) is 35.6 Å². The van der Waals surface area contributed by atoms with Crippen molar-refractivity contribution in [1.82, 2.24) is 0 Å². The van der Waals surface area contributed by atoms with Gasteiger partial charge >= 0.3 is 0 Å². The molecule has 1 aromatic rings. The molecule has 92 valence electrons. The molecule has 0 amide bonds. The highest BCUT2D eigenvalue weighted by Crippen LogP contribution is 2.34. The summed E-state index contributed by atoms with van der Waals surface area (Å²) in [6.45, 7) is 2.12. The van der Waals surface area contributed by atoms with Gasteiger partial charge in [-0.3, -0.25) is 4.79 Å². The molecule has 17 heavy (non-hydrogen) atoms. The highest BCUT2D eigenvalue weighted by molar-refractivity contribution is 5.98. The van der Waals surface area contributed by atoms with Gasteiger partial charge in [0.1, 0.15) is 5.82 Å². The molecule has 1 aliphatic rings. The third-order valence-corrected chi connectivity index (χ3v) is 3.91. The fourth-order valence-electron chi connectivity index (χ4n) is 2.90. The Hall–Kier alpha value is -1.18. The maximum atomic E-state index is 13.6. The number of halogens is 1. The van der Waals surface area contributed by atoms with Crippen molar-refractivity contribution in [3.63, 3.8) is 0 Å². The smallest absolute Gasteiger partial charge is 0.169 e. The van der Waals surface area contributed by atoms with Gasteiger partial charge in [0, 0.05) is 5.92 Å². The lowest BCUT2D eigenvalue weighted by Gasteiger charge is -2.29. The van der Waals surface area contributed by atoms with Gasteiger partial charge in [-0.2, -0.15) is 0 Å². The number of hydrogen-bond donors (Lipinski definition) is 0. The molecule has 1 saturated carbocycles. The van der Waals surface area contributed by atoms with Crippen molar-refractivity contribution in [2.75, 3.05) is 0 Å². The Labute approximate surface area is 102 Å². The zero-order valence-electron chi connectivity index (χ0n) is 10.3. The van der Waals surface area contributed by atoms with E-state index in [1.165, 1.54) is 12.5 Å². The van der Waals surface area contributed by atoms with Gasteiger partial charge in [-0.25, -0.2) is 4.39 Å². The number of rotatable bonds is 3. The van der Waals surface area contributed by atoms with E-state index in [1.54, 1.807) is 18.2 Å². The summed E-state index contributed by atoms with van der Waals surface area (Å²) < 4.78 is 13.6. The van der Waals surface area contributed by atoms with Crippen LogP contribution in [0.25, 0.3) is 0 Å². The molecular weight excluding hydrogens is 215 g/mol. The number of Topliss-reactive ketones (excluding diaryl/α,β-unsaturated/α-hetero) is 1. The van der Waals surface area contributed by atoms with Crippen molar-refractivity contribution >= 4 is 5.78 Å². The molecule has 1 nitrogen and oxygen atoms in total. The van der Waals surface area contributed by atoms with E-state index in [4.69, 9.17) is 0 Å². The first-order valence-corrected chi connectivity index (χ1v) is 6.52. The number of hydrogen-bond acceptors (Lipinski definition) is 1. The van der Waals surface area contributed by atoms with Crippen LogP contribution < -0.4 is 0 Å². The molecule has 0 saturated heterocycles. The summed E-state index contributed by atoms with van der Waals surface area (Å²) in [4.78, 5) is 12.3. The second-order valence-corrected chi connectivity index (χ2v) is 4.90. The molecule has 0 radical (unpaired) electrons. The summed E-state index contributed by atoms with van der Waals surface area (Å²) >= 11 is 0. The summed E-state index contributed by atoms with van der Waals surface area (Å²) in [5.41, 5.74) is 0.276. The summed E-state index contributed by atoms with van der Waals surface area (Å²) in [6, 6.07) is 6.35. The maximum Gasteiger partial charge on any atom is 0.169 e. The minimum absolute atomic E-state index is 0.00894. The van der Waals surface area contributed by atoms with E-state index in [2.05, 4.69) is 6.92 Å². The fraction of sp³-hybridized carbons (Fsp3) is 0.533. The molecule has 2 unspecified atom stereocenters. The molecule has 0 aromatic heterocycles. The maximum absolute atomic E-state index is 13.6. The molecule has 0 spiro atoms. The average molecular weight is 234 g/mol. The Balaban J connectivity index is 2.21. The van der Waals surface area contributed by atoms with E-state index in [9.17, 15) is 9.18 Å². The highest BCUT2D eigenvalue weighted by Gasteiger charge is 2.31. The first-order chi connectivity index (χ1) is 8.24. The molecule has 2 heteroatoms. The molecule has 2 atom stereocenters. The van der Waals surface area contributed by atoms with Gasteiger partial charge in [0.25, 0.3) is 0 Å². The first kappa shape index (κ1) is 12.3. The third kappa shape index (κ3) is 2.56. The SMILES string of the molecule is CCC1CCCCC1C(=O)c1ccccc1F. The van der Waals surface area contributed by atoms with E-state index < -0.39 is 0 Å². The van der Waals surface area contributed by atoms with Crippen LogP contribution in [-0.4, -0.2) is 5.78 Å². The van der Waals surface area contributed by atoms with E-state index in [0.29, 0.717) is 5.92 Å². The monoisotopic (exact) mass is 234 g/mol. The molecule has 0 aliphatic heterocycles. The van der Waals surface area contributed by atoms with Crippen LogP contribution in [-0.2, 0) is 0 Å². The zero-order valence-corrected chi connectivity index (χ0v) is 10.3. The number of carbonyl (C=O) groups excluding carboxylic acids is 1. The van der Waals surface area contributed by atoms with E-state index >= 15 is 0 Å². The second-order valence-electron chi connectivity index (χ2n) is 4.90. The van der Waals surface area contributed by atoms with Gasteiger partial charge in [0.05, 0.1) is 5.56 Å². The lowest BCUT2D eigenvalue weighted by Crippen LogP contribution is -2.27. The molecule has 0 N–H and O–H groups in total. The highest BCUT2D eigenvalue weighted by atomic mass is 19.1. The topological polar surface area (TPSA) is 17.1 Å². The number of ketones is 1. The predicted molar refractivity (Wildman–Crippen MR) is 66.5 cm³/mol. The van der Waals surface area contributed by atoms with Crippen LogP contribution in [0.15, 0.2) is 24.3 Å². The summed E-state index contributed by atoms with van der Waals surface area (Å²) in [6.07, 6.45) is 5.36. The number of carbonyl (C=O) groups is 1. The largest absolute Gasteiger partial charge is 0.294 e. The summed E-state index contributed by atoms with van der Waals surface area (Å²) in [5.74, 6) is 0.106. The molecule has 0 heterocycles. The molecule has 0 bridgehead atoms. The fourth-order valence-corrected chi connectivity index (χ4v) is 2.90. The van der Waals surface area contributed by atoms with Crippen molar-refractivity contribution < 1.29 is 9.18 Å². The van der Waals surface area contributed by atoms with Crippen molar-refractivity contribution in [2.45, 2.75) is 39.0 Å². The minimum Gasteiger partial charge on any atom is -0.294 e. The van der Waals surface area contributed by atoms with Crippen molar-refractivity contribution in [2.24, 2.45) is 11.8 Å². The van der Waals surface area contributed by atoms with Crippen LogP contribution in [0.3, 0.4) is 0 Å². The van der Waals surface area contributed by atoms with Crippen LogP contribution in [0.5, 0.6) is 0 Å². The molecule has 1 aliphatic carbocycles. The number of benzene rings is 1. The van der Waals surface area contributed by atoms with E-state index in [-0.39, 0.29) is 23.1 Å². The lowest BCUT2D eigenvalue weighted by atomic mass is 9.74. The van der Waals surface area contributed by atoms with Crippen LogP contribution in [0.2, 0.25) is 0 Å². The van der Waals surface area contributed by atoms with Crippen LogP contribution >= 0.6 is 0 Å². The Kier molecular flexibility index (Phi) is 3.93. The molecule has 1 aromatic carbocycles. The Bertz CT molecular complexity index is 400. The zero-order chi connectivity index (χ0) is 12.3. The quantitative estimate of drug-likeness (QED) is 0.715. The van der Waals surface area contributed by atoms with E-state index in [1.807, 2.05) is 0 Å². The molecule has 2 rings (SSSR count). The second kappa shape index (κ2) is 5.44. The summed E-state index contributed by atoms with van der Waals surface area (Å²) in [7, 11) is 0. The predicted octanol–water partition coefficient (Wildman–Crippen LogP) is 4.22. The summed E-state index contributed by atoms with van der Waals surface area (Å²) in [5, 5.41) is 0. The Morgan fingerprint density at radius 3 is 2.71 bits per heavy atom. The third-order valence-electron chi connectivity index (χ3n) is 3.91. The van der Waals surface area contributed by atoms with Crippen LogP contribution in [0.4, 0.5) is 4.39 Å². The first-order valence-electron chi connectivity index (χ1n) is 6.52. The van der Waals surface area contributed by atoms with E-state index in [0.717, 1.165) is 25.7 Å². The van der Waals surface area contributed by atoms with Crippen LogP contribution in [0.1, 0.15) is 49.4 Å². The van der Waals surface area contributed by atoms with Crippen molar-refractivity contribution in [3.8, 4) is 0 Å². The van der Waals surface area contributed by atoms with Gasteiger partial charge in [-0.1, -0.05) is 38.3 Å². The van der Waals surface area contributed by atoms with Gasteiger partial charge in [0.2, 0.25) is 0 Å². The van der Waals surface area contributed by atoms with Gasteiger partial charge in [-0.15, -0.1) is 0 Å². The Morgan fingerprint density at radius 2 is 2.00 bits per heavy atom. The minimum atomic E-state index is -0.377. The van der Waals surface area contributed by atoms with Gasteiger partial charge < -0.3 is 0 Å². The standard InChI is InChI=1S/C15H19FO/c1-2-11-7-3-4-8-12(11)15(17)13-9-5-6-10-14(13)16/h5-6,9-12H,2-4,7-8H2,1H3. The van der Waals surface area contributed by atoms with Gasteiger partial charge in [0.15, 0.2) is 5.78 Å². The molecular formula is C15H19FO. The Morgan fingerprint density at radius 1 is 1.29 bits per heavy atom. The normalized spacial score (nSPS) is 24.6. The average Bonchev–Trinajstić information content (AvgIpc) is 2.38. The van der Waals surface area contributed by atoms with Crippen molar-refractivity contribution in [1.29, 1.82) is 0 Å². The lowest BCUT2D eigenvalue weighted by molar-refractivity contribution is 0.0816. The van der Waals surface area contributed by atoms with Gasteiger partial charge in [-0.05, 0) is 30.9 Å².